The summed E-state index contributed by atoms with van der Waals surface area (Å²) in [6.45, 7) is 4.04. The quantitative estimate of drug-likeness (QED) is 0.199. The van der Waals surface area contributed by atoms with Crippen molar-refractivity contribution < 1.29 is 18.7 Å². The molecule has 0 saturated carbocycles. The van der Waals surface area contributed by atoms with E-state index in [1.54, 1.807) is 30.5 Å². The number of benzene rings is 2. The first-order chi connectivity index (χ1) is 14.5. The van der Waals surface area contributed by atoms with Crippen molar-refractivity contribution in [2.45, 2.75) is 13.8 Å². The van der Waals surface area contributed by atoms with Gasteiger partial charge in [0.2, 0.25) is 5.76 Å². The maximum absolute atomic E-state index is 12.0. The van der Waals surface area contributed by atoms with Gasteiger partial charge in [-0.3, -0.25) is 5.43 Å². The Hall–Kier alpha value is -3.65. The zero-order chi connectivity index (χ0) is 21.5. The van der Waals surface area contributed by atoms with E-state index in [4.69, 9.17) is 26.1 Å². The van der Waals surface area contributed by atoms with Gasteiger partial charge >= 0.3 is 5.97 Å². The summed E-state index contributed by atoms with van der Waals surface area (Å²) in [5, 5.41) is 7.61. The van der Waals surface area contributed by atoms with Crippen molar-refractivity contribution >= 4 is 35.2 Å². The van der Waals surface area contributed by atoms with E-state index in [2.05, 4.69) is 21.9 Å². The average Bonchev–Trinajstić information content (AvgIpc) is 3.26. The van der Waals surface area contributed by atoms with Gasteiger partial charge in [-0.05, 0) is 73.6 Å². The van der Waals surface area contributed by atoms with Crippen molar-refractivity contribution in [3.8, 4) is 11.5 Å². The molecule has 1 heterocycles. The molecule has 0 aliphatic carbocycles. The number of hydrogen-bond donors (Lipinski definition) is 2. The van der Waals surface area contributed by atoms with Crippen LogP contribution in [-0.2, 0) is 0 Å². The smallest absolute Gasteiger partial charge is 0.379 e. The van der Waals surface area contributed by atoms with Crippen molar-refractivity contribution in [3.05, 3.63) is 77.2 Å². The van der Waals surface area contributed by atoms with E-state index < -0.39 is 5.97 Å². The molecule has 0 aliphatic heterocycles. The summed E-state index contributed by atoms with van der Waals surface area (Å²) in [6.07, 6.45) is 2.98. The molecular weight excluding hydrogens is 402 g/mol. The predicted molar refractivity (Wildman–Crippen MR) is 120 cm³/mol. The summed E-state index contributed by atoms with van der Waals surface area (Å²) in [6, 6.07) is 14.2. The number of rotatable bonds is 6. The zero-order valence-corrected chi connectivity index (χ0v) is 17.6. The van der Waals surface area contributed by atoms with Crippen LogP contribution in [0.3, 0.4) is 0 Å². The second-order valence-electron chi connectivity index (χ2n) is 6.42. The number of nitrogens with zero attached hydrogens (tertiary/aromatic N) is 1. The minimum atomic E-state index is -0.607. The first-order valence-electron chi connectivity index (χ1n) is 9.07. The number of hydrogen-bond acceptors (Lipinski definition) is 6. The number of ether oxygens (including phenoxy) is 2. The fourth-order valence-corrected chi connectivity index (χ4v) is 2.83. The standard InChI is InChI=1S/C22H21N3O4S/c1-14-6-8-17(15(2)11-14)24-22(30)25-23-13-16-7-9-18(20(12-16)27-3)29-21(26)19-5-4-10-28-19/h4-13H,1-3H3,(H2,24,25,30). The topological polar surface area (TPSA) is 85.1 Å². The molecule has 154 valence electrons. The lowest BCUT2D eigenvalue weighted by Crippen LogP contribution is -2.24. The third-order valence-electron chi connectivity index (χ3n) is 4.12. The summed E-state index contributed by atoms with van der Waals surface area (Å²) >= 11 is 5.27. The van der Waals surface area contributed by atoms with Crippen LogP contribution in [0.2, 0.25) is 0 Å². The molecule has 0 spiro atoms. The summed E-state index contributed by atoms with van der Waals surface area (Å²) < 4.78 is 15.7. The van der Waals surface area contributed by atoms with Crippen molar-refractivity contribution in [1.29, 1.82) is 0 Å². The Morgan fingerprint density at radius 1 is 1.13 bits per heavy atom. The van der Waals surface area contributed by atoms with Crippen LogP contribution in [0, 0.1) is 13.8 Å². The van der Waals surface area contributed by atoms with Gasteiger partial charge in [0, 0.05) is 5.69 Å². The van der Waals surface area contributed by atoms with Crippen molar-refractivity contribution in [2.24, 2.45) is 5.10 Å². The molecule has 2 aromatic carbocycles. The van der Waals surface area contributed by atoms with Gasteiger partial charge in [0.1, 0.15) is 0 Å². The second-order valence-corrected chi connectivity index (χ2v) is 6.83. The van der Waals surface area contributed by atoms with Crippen LogP contribution in [-0.4, -0.2) is 24.4 Å². The highest BCUT2D eigenvalue weighted by molar-refractivity contribution is 7.80. The van der Waals surface area contributed by atoms with Crippen molar-refractivity contribution in [1.82, 2.24) is 5.43 Å². The lowest BCUT2D eigenvalue weighted by molar-refractivity contribution is 0.0696. The molecule has 0 radical (unpaired) electrons. The number of aryl methyl sites for hydroxylation is 2. The maximum atomic E-state index is 12.0. The fourth-order valence-electron chi connectivity index (χ4n) is 2.66. The highest BCUT2D eigenvalue weighted by Gasteiger charge is 2.14. The summed E-state index contributed by atoms with van der Waals surface area (Å²) in [4.78, 5) is 12.0. The van der Waals surface area contributed by atoms with Crippen LogP contribution in [0.4, 0.5) is 5.69 Å². The van der Waals surface area contributed by atoms with Gasteiger partial charge in [-0.1, -0.05) is 17.7 Å². The number of carbonyl (C=O) groups excluding carboxylic acids is 1. The third-order valence-corrected chi connectivity index (χ3v) is 4.32. The predicted octanol–water partition coefficient (Wildman–Crippen LogP) is 4.44. The summed E-state index contributed by atoms with van der Waals surface area (Å²) in [7, 11) is 1.49. The lowest BCUT2D eigenvalue weighted by Gasteiger charge is -2.11. The van der Waals surface area contributed by atoms with E-state index in [0.717, 1.165) is 16.8 Å². The normalized spacial score (nSPS) is 10.6. The monoisotopic (exact) mass is 423 g/mol. The van der Waals surface area contributed by atoms with E-state index in [1.165, 1.54) is 25.0 Å². The maximum Gasteiger partial charge on any atom is 0.379 e. The molecule has 0 atom stereocenters. The van der Waals surface area contributed by atoms with E-state index in [-0.39, 0.29) is 11.5 Å². The van der Waals surface area contributed by atoms with Crippen molar-refractivity contribution in [3.63, 3.8) is 0 Å². The Kier molecular flexibility index (Phi) is 6.82. The fraction of sp³-hybridized carbons (Fsp3) is 0.136. The number of methoxy groups -OCH3 is 1. The SMILES string of the molecule is COc1cc(C=NNC(=S)Nc2ccc(C)cc2C)ccc1OC(=O)c1ccco1. The van der Waals surface area contributed by atoms with Crippen LogP contribution < -0.4 is 20.2 Å². The summed E-state index contributed by atoms with van der Waals surface area (Å²) in [5.41, 5.74) is 6.69. The Morgan fingerprint density at radius 3 is 2.67 bits per heavy atom. The average molecular weight is 423 g/mol. The van der Waals surface area contributed by atoms with Gasteiger partial charge in [0.15, 0.2) is 16.6 Å². The van der Waals surface area contributed by atoms with Crippen LogP contribution >= 0.6 is 12.2 Å². The van der Waals surface area contributed by atoms with E-state index in [9.17, 15) is 4.79 Å². The Balaban J connectivity index is 1.61. The first kappa shape index (κ1) is 21.1. The van der Waals surface area contributed by atoms with Crippen LogP contribution in [0.5, 0.6) is 11.5 Å². The van der Waals surface area contributed by atoms with Gasteiger partial charge in [0.25, 0.3) is 0 Å². The second kappa shape index (κ2) is 9.71. The molecule has 3 aromatic rings. The molecule has 0 fully saturated rings. The molecule has 3 rings (SSSR count). The first-order valence-corrected chi connectivity index (χ1v) is 9.48. The van der Waals surface area contributed by atoms with Crippen molar-refractivity contribution in [2.75, 3.05) is 12.4 Å². The van der Waals surface area contributed by atoms with Gasteiger partial charge in [0.05, 0.1) is 19.6 Å². The molecule has 0 bridgehead atoms. The molecule has 7 nitrogen and oxygen atoms in total. The highest BCUT2D eigenvalue weighted by Crippen LogP contribution is 2.28. The molecule has 0 aliphatic rings. The molecule has 8 heteroatoms. The number of hydrazone groups is 1. The Morgan fingerprint density at radius 2 is 1.97 bits per heavy atom. The Bertz CT molecular complexity index is 1080. The molecule has 0 saturated heterocycles. The number of thiocarbonyl (C=S) groups is 1. The lowest BCUT2D eigenvalue weighted by atomic mass is 10.1. The van der Waals surface area contributed by atoms with Crippen LogP contribution in [0.25, 0.3) is 0 Å². The minimum Gasteiger partial charge on any atom is -0.493 e. The minimum absolute atomic E-state index is 0.108. The Labute approximate surface area is 179 Å². The van der Waals surface area contributed by atoms with Gasteiger partial charge in [-0.2, -0.15) is 5.10 Å². The largest absolute Gasteiger partial charge is 0.493 e. The molecule has 30 heavy (non-hydrogen) atoms. The number of furan rings is 1. The van der Waals surface area contributed by atoms with E-state index >= 15 is 0 Å². The van der Waals surface area contributed by atoms with Gasteiger partial charge in [-0.15, -0.1) is 0 Å². The molecule has 0 amide bonds. The number of carbonyl (C=O) groups is 1. The molecular formula is C22H21N3O4S. The van der Waals surface area contributed by atoms with E-state index in [1.807, 2.05) is 26.0 Å². The van der Waals surface area contributed by atoms with Gasteiger partial charge in [-0.25, -0.2) is 4.79 Å². The third kappa shape index (κ3) is 5.45. The van der Waals surface area contributed by atoms with Gasteiger partial charge < -0.3 is 19.2 Å². The number of nitrogens with one attached hydrogen (secondary N) is 2. The van der Waals surface area contributed by atoms with Crippen LogP contribution in [0.15, 0.2) is 64.3 Å². The molecule has 1 aromatic heterocycles. The summed E-state index contributed by atoms with van der Waals surface area (Å²) in [5.74, 6) is 0.159. The molecule has 2 N–H and O–H groups in total. The zero-order valence-electron chi connectivity index (χ0n) is 16.8. The van der Waals surface area contributed by atoms with Crippen LogP contribution in [0.1, 0.15) is 27.2 Å². The highest BCUT2D eigenvalue weighted by atomic mass is 32.1. The van der Waals surface area contributed by atoms with E-state index in [0.29, 0.717) is 10.9 Å². The molecule has 0 unspecified atom stereocenters. The number of esters is 1. The number of anilines is 1.